The predicted molar refractivity (Wildman–Crippen MR) is 113 cm³/mol. The number of rotatable bonds is 3. The van der Waals surface area contributed by atoms with Gasteiger partial charge in [-0.15, -0.1) is 0 Å². The van der Waals surface area contributed by atoms with Crippen molar-refractivity contribution < 1.29 is 13.9 Å². The van der Waals surface area contributed by atoms with E-state index in [9.17, 15) is 9.18 Å². The summed E-state index contributed by atoms with van der Waals surface area (Å²) in [7, 11) is 0. The number of nitrogens with one attached hydrogen (secondary N) is 1. The van der Waals surface area contributed by atoms with Crippen LogP contribution in [0.4, 0.5) is 4.39 Å². The third kappa shape index (κ3) is 3.85. The molecule has 1 aromatic carbocycles. The lowest BCUT2D eigenvalue weighted by Crippen LogP contribution is -2.38. The van der Waals surface area contributed by atoms with Gasteiger partial charge in [-0.2, -0.15) is 0 Å². The molecule has 30 heavy (non-hydrogen) atoms. The van der Waals surface area contributed by atoms with Crippen molar-refractivity contribution in [2.24, 2.45) is 0 Å². The Morgan fingerprint density at radius 1 is 1.20 bits per heavy atom. The van der Waals surface area contributed by atoms with E-state index in [1.165, 1.54) is 23.7 Å². The number of thiazole rings is 1. The lowest BCUT2D eigenvalue weighted by molar-refractivity contribution is 0.0696. The van der Waals surface area contributed by atoms with E-state index in [4.69, 9.17) is 4.74 Å². The standard InChI is InChI=1S/C22H21FN4O2S/c23-16-5-4-14-10-15(3-1-2-13(14)11-16)18-19-21(25-12-24-18)30-22(27-19)20(28)26-17-6-8-29-9-7-17/h3-5,11-12,17H,1-2,6-10H2,(H,26,28). The number of nitrogens with zero attached hydrogens (tertiary/aromatic N) is 3. The van der Waals surface area contributed by atoms with Gasteiger partial charge in [-0.3, -0.25) is 4.79 Å². The molecule has 3 heterocycles. The number of carbonyl (C=O) groups excluding carboxylic acids is 1. The van der Waals surface area contributed by atoms with Crippen LogP contribution >= 0.6 is 11.3 Å². The number of allylic oxidation sites excluding steroid dienone is 2. The number of benzene rings is 1. The van der Waals surface area contributed by atoms with Gasteiger partial charge in [0.15, 0.2) is 5.01 Å². The first-order valence-corrected chi connectivity index (χ1v) is 11.0. The van der Waals surface area contributed by atoms with Gasteiger partial charge in [0.05, 0.1) is 5.69 Å². The smallest absolute Gasteiger partial charge is 0.280 e. The van der Waals surface area contributed by atoms with E-state index in [0.717, 1.165) is 48.1 Å². The molecule has 0 radical (unpaired) electrons. The van der Waals surface area contributed by atoms with Crippen molar-refractivity contribution in [3.8, 4) is 0 Å². The van der Waals surface area contributed by atoms with Gasteiger partial charge >= 0.3 is 0 Å². The van der Waals surface area contributed by atoms with Crippen molar-refractivity contribution in [2.75, 3.05) is 13.2 Å². The van der Waals surface area contributed by atoms with E-state index >= 15 is 0 Å². The van der Waals surface area contributed by atoms with Crippen molar-refractivity contribution >= 4 is 33.2 Å². The SMILES string of the molecule is O=C(NC1CCOCC1)c1nc2c(C3=CCCc4cc(F)ccc4C3)ncnc2s1. The summed E-state index contributed by atoms with van der Waals surface area (Å²) in [6.07, 6.45) is 7.54. The highest BCUT2D eigenvalue weighted by molar-refractivity contribution is 7.19. The predicted octanol–water partition coefficient (Wildman–Crippen LogP) is 3.71. The number of halogens is 1. The van der Waals surface area contributed by atoms with Crippen LogP contribution in [0.1, 0.15) is 45.9 Å². The molecule has 1 aliphatic heterocycles. The Balaban J connectivity index is 1.44. The number of hydrogen-bond acceptors (Lipinski definition) is 6. The molecule has 2 aromatic heterocycles. The average molecular weight is 425 g/mol. The number of aryl methyl sites for hydroxylation is 1. The molecule has 0 spiro atoms. The second kappa shape index (κ2) is 8.20. The van der Waals surface area contributed by atoms with Gasteiger partial charge in [-0.1, -0.05) is 23.5 Å². The number of ether oxygens (including phenoxy) is 1. The highest BCUT2D eigenvalue weighted by Crippen LogP contribution is 2.31. The number of fused-ring (bicyclic) bond motifs is 2. The first kappa shape index (κ1) is 19.3. The van der Waals surface area contributed by atoms with Crippen LogP contribution in [0.2, 0.25) is 0 Å². The van der Waals surface area contributed by atoms with Gasteiger partial charge < -0.3 is 10.1 Å². The molecule has 1 saturated heterocycles. The van der Waals surface area contributed by atoms with Gasteiger partial charge in [0.1, 0.15) is 22.5 Å². The largest absolute Gasteiger partial charge is 0.381 e. The third-order valence-corrected chi connectivity index (χ3v) is 6.57. The molecular formula is C22H21FN4O2S. The summed E-state index contributed by atoms with van der Waals surface area (Å²) < 4.78 is 19.0. The minimum Gasteiger partial charge on any atom is -0.381 e. The molecule has 1 amide bonds. The number of amides is 1. The van der Waals surface area contributed by atoms with Crippen molar-refractivity contribution in [1.82, 2.24) is 20.3 Å². The fourth-order valence-electron chi connectivity index (χ4n) is 4.03. The molecule has 0 unspecified atom stereocenters. The maximum absolute atomic E-state index is 13.6. The van der Waals surface area contributed by atoms with Gasteiger partial charge in [0, 0.05) is 19.3 Å². The normalized spacial score (nSPS) is 17.3. The summed E-state index contributed by atoms with van der Waals surface area (Å²) in [5.41, 5.74) is 4.56. The van der Waals surface area contributed by atoms with Crippen molar-refractivity contribution in [1.29, 1.82) is 0 Å². The second-order valence-corrected chi connectivity index (χ2v) is 8.59. The van der Waals surface area contributed by atoms with E-state index in [2.05, 4.69) is 26.3 Å². The van der Waals surface area contributed by atoms with E-state index in [1.54, 1.807) is 6.07 Å². The highest BCUT2D eigenvalue weighted by Gasteiger charge is 2.22. The molecule has 0 bridgehead atoms. The van der Waals surface area contributed by atoms with Gasteiger partial charge in [0.2, 0.25) is 0 Å². The molecule has 6 nitrogen and oxygen atoms in total. The lowest BCUT2D eigenvalue weighted by Gasteiger charge is -2.22. The lowest BCUT2D eigenvalue weighted by atomic mass is 9.99. The summed E-state index contributed by atoms with van der Waals surface area (Å²) in [4.78, 5) is 26.8. The molecule has 5 rings (SSSR count). The van der Waals surface area contributed by atoms with Crippen molar-refractivity contribution in [3.05, 3.63) is 58.2 Å². The van der Waals surface area contributed by atoms with E-state index in [1.807, 2.05) is 6.07 Å². The average Bonchev–Trinajstić information content (AvgIpc) is 3.09. The fourth-order valence-corrected chi connectivity index (χ4v) is 4.85. The molecule has 1 fully saturated rings. The quantitative estimate of drug-likeness (QED) is 0.694. The molecule has 1 aliphatic carbocycles. The Kier molecular flexibility index (Phi) is 5.26. The van der Waals surface area contributed by atoms with Gasteiger partial charge in [-0.05, 0) is 60.9 Å². The van der Waals surface area contributed by atoms with Crippen molar-refractivity contribution in [2.45, 2.75) is 38.1 Å². The molecular weight excluding hydrogens is 403 g/mol. The number of aromatic nitrogens is 3. The zero-order chi connectivity index (χ0) is 20.5. The molecule has 8 heteroatoms. The van der Waals surface area contributed by atoms with E-state index in [0.29, 0.717) is 35.0 Å². The Hall–Kier alpha value is -2.71. The van der Waals surface area contributed by atoms with Crippen molar-refractivity contribution in [3.63, 3.8) is 0 Å². The second-order valence-electron chi connectivity index (χ2n) is 7.61. The highest BCUT2D eigenvalue weighted by atomic mass is 32.1. The zero-order valence-electron chi connectivity index (χ0n) is 16.4. The Labute approximate surface area is 177 Å². The number of hydrogen-bond donors (Lipinski definition) is 1. The van der Waals surface area contributed by atoms with E-state index in [-0.39, 0.29) is 17.8 Å². The van der Waals surface area contributed by atoms with Crippen LogP contribution < -0.4 is 5.32 Å². The topological polar surface area (TPSA) is 77.0 Å². The van der Waals surface area contributed by atoms with Gasteiger partial charge in [0.25, 0.3) is 5.91 Å². The summed E-state index contributed by atoms with van der Waals surface area (Å²) in [6, 6.07) is 5.07. The number of carbonyl (C=O) groups is 1. The Morgan fingerprint density at radius 3 is 2.93 bits per heavy atom. The molecule has 3 aromatic rings. The van der Waals surface area contributed by atoms with Crippen LogP contribution in [0.5, 0.6) is 0 Å². The zero-order valence-corrected chi connectivity index (χ0v) is 17.2. The summed E-state index contributed by atoms with van der Waals surface area (Å²) in [6.45, 7) is 1.33. The van der Waals surface area contributed by atoms with E-state index < -0.39 is 0 Å². The summed E-state index contributed by atoms with van der Waals surface area (Å²) >= 11 is 1.28. The summed E-state index contributed by atoms with van der Waals surface area (Å²) in [5, 5.41) is 3.45. The van der Waals surface area contributed by atoms with Crippen LogP contribution in [0.15, 0.2) is 30.6 Å². The molecule has 0 atom stereocenters. The van der Waals surface area contributed by atoms with Crippen LogP contribution in [0, 0.1) is 5.82 Å². The Bertz CT molecular complexity index is 1140. The fraction of sp³-hybridized carbons (Fsp3) is 0.364. The maximum atomic E-state index is 13.6. The third-order valence-electron chi connectivity index (χ3n) is 5.60. The minimum atomic E-state index is -0.207. The molecule has 0 saturated carbocycles. The molecule has 2 aliphatic rings. The van der Waals surface area contributed by atoms with Crippen LogP contribution in [0.3, 0.4) is 0 Å². The van der Waals surface area contributed by atoms with Crippen LogP contribution in [-0.4, -0.2) is 40.1 Å². The minimum absolute atomic E-state index is 0.116. The summed E-state index contributed by atoms with van der Waals surface area (Å²) in [5.74, 6) is -0.382. The first-order valence-electron chi connectivity index (χ1n) is 10.1. The van der Waals surface area contributed by atoms with Crippen LogP contribution in [0.25, 0.3) is 15.9 Å². The molecule has 154 valence electrons. The first-order chi connectivity index (χ1) is 14.7. The maximum Gasteiger partial charge on any atom is 0.280 e. The monoisotopic (exact) mass is 424 g/mol. The Morgan fingerprint density at radius 2 is 2.07 bits per heavy atom. The van der Waals surface area contributed by atoms with Gasteiger partial charge in [-0.25, -0.2) is 19.3 Å². The van der Waals surface area contributed by atoms with Crippen LogP contribution in [-0.2, 0) is 17.6 Å². The molecule has 1 N–H and O–H groups in total.